The van der Waals surface area contributed by atoms with Gasteiger partial charge in [0.25, 0.3) is 0 Å². The number of hydrogen-bond donors (Lipinski definition) is 1. The quantitative estimate of drug-likeness (QED) is 0.810. The smallest absolute Gasteiger partial charge is 0.0902 e. The summed E-state index contributed by atoms with van der Waals surface area (Å²) >= 11 is 0. The van der Waals surface area contributed by atoms with Gasteiger partial charge >= 0.3 is 0 Å². The van der Waals surface area contributed by atoms with Gasteiger partial charge in [-0.15, -0.1) is 0 Å². The van der Waals surface area contributed by atoms with E-state index in [1.807, 2.05) is 18.3 Å². The molecule has 0 radical (unpaired) electrons. The maximum Gasteiger partial charge on any atom is 0.0902 e. The molecule has 0 saturated heterocycles. The van der Waals surface area contributed by atoms with Gasteiger partial charge < -0.3 is 5.11 Å². The summed E-state index contributed by atoms with van der Waals surface area (Å²) in [5.41, 5.74) is 0.455. The third kappa shape index (κ3) is 1.83. The van der Waals surface area contributed by atoms with Crippen molar-refractivity contribution >= 4 is 10.8 Å². The highest BCUT2D eigenvalue weighted by atomic mass is 16.3. The van der Waals surface area contributed by atoms with Crippen LogP contribution in [0.1, 0.15) is 37.7 Å². The molecule has 2 heteroatoms. The molecular formula is C15H17NO. The summed E-state index contributed by atoms with van der Waals surface area (Å²) in [6, 6.07) is 8.15. The van der Waals surface area contributed by atoms with E-state index in [4.69, 9.17) is 0 Å². The van der Waals surface area contributed by atoms with Crippen LogP contribution in [0.3, 0.4) is 0 Å². The second-order valence-electron chi connectivity index (χ2n) is 4.99. The molecule has 0 spiro atoms. The Morgan fingerprint density at radius 2 is 1.88 bits per heavy atom. The monoisotopic (exact) mass is 227 g/mol. The van der Waals surface area contributed by atoms with Gasteiger partial charge in [-0.05, 0) is 29.9 Å². The third-order valence-corrected chi connectivity index (χ3v) is 3.86. The van der Waals surface area contributed by atoms with Gasteiger partial charge in [0, 0.05) is 17.8 Å². The Kier molecular flexibility index (Phi) is 2.60. The lowest BCUT2D eigenvalue weighted by Crippen LogP contribution is -2.28. The van der Waals surface area contributed by atoms with Crippen molar-refractivity contribution in [2.24, 2.45) is 0 Å². The molecule has 88 valence electrons. The van der Waals surface area contributed by atoms with E-state index in [0.717, 1.165) is 42.0 Å². The SMILES string of the molecule is OC1(c2cccc3cnccc23)CCCCC1. The second kappa shape index (κ2) is 4.11. The lowest BCUT2D eigenvalue weighted by molar-refractivity contribution is 0.000761. The number of rotatable bonds is 1. The van der Waals surface area contributed by atoms with Gasteiger partial charge in [-0.25, -0.2) is 0 Å². The van der Waals surface area contributed by atoms with Gasteiger partial charge in [-0.3, -0.25) is 4.98 Å². The van der Waals surface area contributed by atoms with Crippen LogP contribution in [0.4, 0.5) is 0 Å². The first kappa shape index (κ1) is 10.7. The molecule has 0 amide bonds. The zero-order valence-electron chi connectivity index (χ0n) is 9.89. The summed E-state index contributed by atoms with van der Waals surface area (Å²) < 4.78 is 0. The van der Waals surface area contributed by atoms with Gasteiger partial charge in [-0.1, -0.05) is 37.5 Å². The first-order chi connectivity index (χ1) is 8.30. The standard InChI is InChI=1S/C15H17NO/c17-15(8-2-1-3-9-15)14-6-4-5-12-11-16-10-7-13(12)14/h4-7,10-11,17H,1-3,8-9H2. The van der Waals surface area contributed by atoms with Crippen LogP contribution in [0.15, 0.2) is 36.7 Å². The fourth-order valence-electron chi connectivity index (χ4n) is 2.93. The zero-order valence-corrected chi connectivity index (χ0v) is 9.89. The fourth-order valence-corrected chi connectivity index (χ4v) is 2.93. The number of aromatic nitrogens is 1. The molecule has 1 aliphatic rings. The van der Waals surface area contributed by atoms with E-state index in [1.165, 1.54) is 6.42 Å². The van der Waals surface area contributed by atoms with E-state index in [0.29, 0.717) is 0 Å². The molecule has 2 nitrogen and oxygen atoms in total. The number of hydrogen-bond acceptors (Lipinski definition) is 2. The molecule has 3 rings (SSSR count). The van der Waals surface area contributed by atoms with Gasteiger partial charge in [0.2, 0.25) is 0 Å². The number of pyridine rings is 1. The second-order valence-corrected chi connectivity index (χ2v) is 4.99. The first-order valence-corrected chi connectivity index (χ1v) is 6.35. The van der Waals surface area contributed by atoms with E-state index >= 15 is 0 Å². The maximum absolute atomic E-state index is 10.8. The molecule has 1 saturated carbocycles. The number of aliphatic hydroxyl groups is 1. The molecule has 0 unspecified atom stereocenters. The van der Waals surface area contributed by atoms with Crippen LogP contribution in [-0.4, -0.2) is 10.1 Å². The molecule has 1 aromatic carbocycles. The summed E-state index contributed by atoms with van der Waals surface area (Å²) in [4.78, 5) is 4.14. The Bertz CT molecular complexity index is 524. The maximum atomic E-state index is 10.8. The van der Waals surface area contributed by atoms with E-state index in [-0.39, 0.29) is 0 Å². The Morgan fingerprint density at radius 1 is 1.06 bits per heavy atom. The normalized spacial score (nSPS) is 19.4. The van der Waals surface area contributed by atoms with Crippen molar-refractivity contribution in [2.75, 3.05) is 0 Å². The van der Waals surface area contributed by atoms with Crippen LogP contribution in [0.25, 0.3) is 10.8 Å². The van der Waals surface area contributed by atoms with Gasteiger partial charge in [0.05, 0.1) is 5.60 Å². The van der Waals surface area contributed by atoms with Gasteiger partial charge in [0.1, 0.15) is 0 Å². The van der Waals surface area contributed by atoms with Crippen molar-refractivity contribution in [2.45, 2.75) is 37.7 Å². The fraction of sp³-hybridized carbons (Fsp3) is 0.400. The van der Waals surface area contributed by atoms with Crippen LogP contribution in [-0.2, 0) is 5.60 Å². The van der Waals surface area contributed by atoms with Crippen LogP contribution >= 0.6 is 0 Å². The van der Waals surface area contributed by atoms with Gasteiger partial charge in [0.15, 0.2) is 0 Å². The molecule has 1 N–H and O–H groups in total. The molecule has 0 bridgehead atoms. The van der Waals surface area contributed by atoms with Crippen molar-refractivity contribution < 1.29 is 5.11 Å². The van der Waals surface area contributed by atoms with E-state index in [9.17, 15) is 5.11 Å². The number of fused-ring (bicyclic) bond motifs is 1. The van der Waals surface area contributed by atoms with Crippen molar-refractivity contribution in [3.8, 4) is 0 Å². The predicted octanol–water partition coefficient (Wildman–Crippen LogP) is 3.39. The van der Waals surface area contributed by atoms with Crippen LogP contribution in [0, 0.1) is 0 Å². The average Bonchev–Trinajstić information content (AvgIpc) is 2.39. The van der Waals surface area contributed by atoms with E-state index < -0.39 is 5.60 Å². The van der Waals surface area contributed by atoms with Crippen LogP contribution in [0.5, 0.6) is 0 Å². The molecule has 0 atom stereocenters. The highest BCUT2D eigenvalue weighted by Gasteiger charge is 2.32. The minimum atomic E-state index is -0.626. The first-order valence-electron chi connectivity index (χ1n) is 6.35. The molecule has 1 heterocycles. The minimum Gasteiger partial charge on any atom is -0.385 e. The summed E-state index contributed by atoms with van der Waals surface area (Å²) in [5.74, 6) is 0. The van der Waals surface area contributed by atoms with Crippen molar-refractivity contribution in [3.05, 3.63) is 42.2 Å². The van der Waals surface area contributed by atoms with Crippen molar-refractivity contribution in [1.29, 1.82) is 0 Å². The van der Waals surface area contributed by atoms with Crippen LogP contribution in [0.2, 0.25) is 0 Å². The summed E-state index contributed by atoms with van der Waals surface area (Å²) in [6.45, 7) is 0. The van der Waals surface area contributed by atoms with Crippen molar-refractivity contribution in [1.82, 2.24) is 4.98 Å². The van der Waals surface area contributed by atoms with E-state index in [2.05, 4.69) is 17.1 Å². The molecular weight excluding hydrogens is 210 g/mol. The number of nitrogens with zero attached hydrogens (tertiary/aromatic N) is 1. The van der Waals surface area contributed by atoms with Crippen LogP contribution < -0.4 is 0 Å². The molecule has 1 aliphatic carbocycles. The summed E-state index contributed by atoms with van der Waals surface area (Å²) in [5, 5.41) is 13.1. The Hall–Kier alpha value is -1.41. The lowest BCUT2D eigenvalue weighted by Gasteiger charge is -2.33. The Labute approximate surface area is 101 Å². The zero-order chi connectivity index (χ0) is 11.7. The lowest BCUT2D eigenvalue weighted by atomic mass is 9.78. The highest BCUT2D eigenvalue weighted by molar-refractivity contribution is 5.85. The van der Waals surface area contributed by atoms with Crippen molar-refractivity contribution in [3.63, 3.8) is 0 Å². The molecule has 1 aromatic heterocycles. The highest BCUT2D eigenvalue weighted by Crippen LogP contribution is 2.39. The Balaban J connectivity index is 2.16. The number of benzene rings is 1. The molecule has 0 aliphatic heterocycles. The van der Waals surface area contributed by atoms with Gasteiger partial charge in [-0.2, -0.15) is 0 Å². The van der Waals surface area contributed by atoms with E-state index in [1.54, 1.807) is 6.20 Å². The summed E-state index contributed by atoms with van der Waals surface area (Å²) in [6.07, 6.45) is 8.93. The topological polar surface area (TPSA) is 33.1 Å². The third-order valence-electron chi connectivity index (χ3n) is 3.86. The summed E-state index contributed by atoms with van der Waals surface area (Å²) in [7, 11) is 0. The molecule has 1 fully saturated rings. The molecule has 2 aromatic rings. The predicted molar refractivity (Wildman–Crippen MR) is 68.7 cm³/mol. The molecule has 17 heavy (non-hydrogen) atoms. The Morgan fingerprint density at radius 3 is 2.71 bits per heavy atom. The average molecular weight is 227 g/mol. The minimum absolute atomic E-state index is 0.626. The largest absolute Gasteiger partial charge is 0.385 e.